The molecule has 2 N–H and O–H groups in total. The quantitative estimate of drug-likeness (QED) is 0.847. The van der Waals surface area contributed by atoms with Crippen LogP contribution < -0.4 is 5.73 Å². The van der Waals surface area contributed by atoms with Crippen molar-refractivity contribution in [1.29, 1.82) is 0 Å². The zero-order chi connectivity index (χ0) is 13.8. The summed E-state index contributed by atoms with van der Waals surface area (Å²) in [4.78, 5) is 12.4. The van der Waals surface area contributed by atoms with E-state index in [2.05, 4.69) is 0 Å². The van der Waals surface area contributed by atoms with E-state index in [1.54, 1.807) is 0 Å². The average Bonchev–Trinajstić information content (AvgIpc) is 2.27. The highest BCUT2D eigenvalue weighted by atomic mass is 19.4. The highest BCUT2D eigenvalue weighted by molar-refractivity contribution is 5.76. The lowest BCUT2D eigenvalue weighted by Crippen LogP contribution is -2.37. The molecule has 106 valence electrons. The number of carbonyl (C=O) groups excluding carboxylic acids is 1. The van der Waals surface area contributed by atoms with E-state index >= 15 is 0 Å². The first-order valence-corrected chi connectivity index (χ1v) is 6.32. The second-order valence-electron chi connectivity index (χ2n) is 5.19. The van der Waals surface area contributed by atoms with Gasteiger partial charge in [-0.25, -0.2) is 0 Å². The van der Waals surface area contributed by atoms with E-state index in [0.29, 0.717) is 12.5 Å². The van der Waals surface area contributed by atoms with Gasteiger partial charge in [0.25, 0.3) is 0 Å². The van der Waals surface area contributed by atoms with Crippen LogP contribution in [0.25, 0.3) is 0 Å². The minimum atomic E-state index is -4.32. The summed E-state index contributed by atoms with van der Waals surface area (Å²) < 4.78 is 36.4. The van der Waals surface area contributed by atoms with Gasteiger partial charge in [0.2, 0.25) is 5.91 Å². The van der Waals surface area contributed by atoms with E-state index < -0.39 is 18.6 Å². The van der Waals surface area contributed by atoms with Crippen LogP contribution >= 0.6 is 0 Å². The fraction of sp³-hybridized carbons (Fsp3) is 0.917. The van der Waals surface area contributed by atoms with Gasteiger partial charge in [0.15, 0.2) is 0 Å². The van der Waals surface area contributed by atoms with Crippen molar-refractivity contribution in [2.45, 2.75) is 38.3 Å². The van der Waals surface area contributed by atoms with Gasteiger partial charge >= 0.3 is 6.18 Å². The molecule has 0 aromatic rings. The normalized spacial score (nSPS) is 24.9. The molecule has 0 unspecified atom stereocenters. The van der Waals surface area contributed by atoms with Crippen LogP contribution in [0.4, 0.5) is 13.2 Å². The molecule has 0 heterocycles. The smallest absolute Gasteiger partial charge is 0.337 e. The highest BCUT2D eigenvalue weighted by Crippen LogP contribution is 2.30. The van der Waals surface area contributed by atoms with E-state index in [1.807, 2.05) is 0 Å². The summed E-state index contributed by atoms with van der Waals surface area (Å²) in [5.41, 5.74) is 5.57. The Kier molecular flexibility index (Phi) is 5.44. The second-order valence-corrected chi connectivity index (χ2v) is 5.19. The standard InChI is InChI=1S/C12H21F3N2O/c1-17(8-12(13,14)15)11(18)6-9-2-4-10(7-16)5-3-9/h9-10H,2-8,16H2,1H3. The first-order valence-electron chi connectivity index (χ1n) is 6.32. The SMILES string of the molecule is CN(CC(F)(F)F)C(=O)CC1CCC(CN)CC1. The van der Waals surface area contributed by atoms with Gasteiger partial charge in [-0.15, -0.1) is 0 Å². The molecule has 3 nitrogen and oxygen atoms in total. The number of amides is 1. The third-order valence-electron chi connectivity index (χ3n) is 3.61. The molecule has 1 amide bonds. The highest BCUT2D eigenvalue weighted by Gasteiger charge is 2.32. The molecule has 1 rings (SSSR count). The molecule has 0 aromatic carbocycles. The van der Waals surface area contributed by atoms with Gasteiger partial charge in [-0.05, 0) is 44.1 Å². The van der Waals surface area contributed by atoms with Gasteiger partial charge in [-0.3, -0.25) is 4.79 Å². The lowest BCUT2D eigenvalue weighted by Gasteiger charge is -2.28. The summed E-state index contributed by atoms with van der Waals surface area (Å²) >= 11 is 0. The summed E-state index contributed by atoms with van der Waals surface area (Å²) in [6, 6.07) is 0. The molecule has 1 saturated carbocycles. The van der Waals surface area contributed by atoms with Crippen LogP contribution in [0.5, 0.6) is 0 Å². The number of hydrogen-bond donors (Lipinski definition) is 1. The number of alkyl halides is 3. The van der Waals surface area contributed by atoms with Gasteiger partial charge in [-0.2, -0.15) is 13.2 Å². The summed E-state index contributed by atoms with van der Waals surface area (Å²) in [6.07, 6.45) is -0.332. The van der Waals surface area contributed by atoms with Crippen LogP contribution in [-0.4, -0.2) is 37.1 Å². The van der Waals surface area contributed by atoms with Crippen molar-refractivity contribution in [3.05, 3.63) is 0 Å². The van der Waals surface area contributed by atoms with E-state index in [0.717, 1.165) is 30.6 Å². The van der Waals surface area contributed by atoms with Crippen LogP contribution in [0, 0.1) is 11.8 Å². The lowest BCUT2D eigenvalue weighted by molar-refractivity contribution is -0.159. The van der Waals surface area contributed by atoms with Crippen molar-refractivity contribution in [1.82, 2.24) is 4.90 Å². The van der Waals surface area contributed by atoms with Crippen LogP contribution in [0.1, 0.15) is 32.1 Å². The summed E-state index contributed by atoms with van der Waals surface area (Å²) in [6.45, 7) is -0.501. The minimum absolute atomic E-state index is 0.219. The molecular formula is C12H21F3N2O. The molecule has 1 aliphatic carbocycles. The summed E-state index contributed by atoms with van der Waals surface area (Å²) in [5, 5.41) is 0. The third kappa shape index (κ3) is 5.25. The molecule has 0 spiro atoms. The molecule has 1 fully saturated rings. The van der Waals surface area contributed by atoms with Crippen molar-refractivity contribution in [3.8, 4) is 0 Å². The maximum atomic E-state index is 12.1. The van der Waals surface area contributed by atoms with E-state index in [9.17, 15) is 18.0 Å². The molecule has 0 bridgehead atoms. The number of rotatable bonds is 4. The average molecular weight is 266 g/mol. The van der Waals surface area contributed by atoms with Crippen molar-refractivity contribution >= 4 is 5.91 Å². The van der Waals surface area contributed by atoms with Crippen LogP contribution in [0.2, 0.25) is 0 Å². The third-order valence-corrected chi connectivity index (χ3v) is 3.61. The molecular weight excluding hydrogens is 245 g/mol. The van der Waals surface area contributed by atoms with E-state index in [-0.39, 0.29) is 12.3 Å². The summed E-state index contributed by atoms with van der Waals surface area (Å²) in [7, 11) is 1.21. The molecule has 0 aromatic heterocycles. The Morgan fingerprint density at radius 3 is 2.17 bits per heavy atom. The monoisotopic (exact) mass is 266 g/mol. The number of carbonyl (C=O) groups is 1. The largest absolute Gasteiger partial charge is 0.406 e. The topological polar surface area (TPSA) is 46.3 Å². The zero-order valence-electron chi connectivity index (χ0n) is 10.7. The maximum absolute atomic E-state index is 12.1. The predicted molar refractivity (Wildman–Crippen MR) is 62.8 cm³/mol. The Morgan fingerprint density at radius 2 is 1.72 bits per heavy atom. The number of nitrogens with zero attached hydrogens (tertiary/aromatic N) is 1. The Labute approximate surface area is 106 Å². The number of nitrogens with two attached hydrogens (primary N) is 1. The first-order chi connectivity index (χ1) is 8.31. The minimum Gasteiger partial charge on any atom is -0.337 e. The predicted octanol–water partition coefficient (Wildman–Crippen LogP) is 2.16. The lowest BCUT2D eigenvalue weighted by atomic mass is 9.80. The first kappa shape index (κ1) is 15.3. The number of hydrogen-bond acceptors (Lipinski definition) is 2. The molecule has 0 atom stereocenters. The van der Waals surface area contributed by atoms with Crippen LogP contribution in [-0.2, 0) is 4.79 Å². The van der Waals surface area contributed by atoms with Crippen molar-refractivity contribution in [3.63, 3.8) is 0 Å². The van der Waals surface area contributed by atoms with Crippen LogP contribution in [0.15, 0.2) is 0 Å². The van der Waals surface area contributed by atoms with Crippen LogP contribution in [0.3, 0.4) is 0 Å². The van der Waals surface area contributed by atoms with Gasteiger partial charge in [-0.1, -0.05) is 0 Å². The second kappa shape index (κ2) is 6.41. The van der Waals surface area contributed by atoms with Crippen molar-refractivity contribution < 1.29 is 18.0 Å². The van der Waals surface area contributed by atoms with E-state index in [1.165, 1.54) is 7.05 Å². The molecule has 18 heavy (non-hydrogen) atoms. The molecule has 0 aliphatic heterocycles. The van der Waals surface area contributed by atoms with Crippen molar-refractivity contribution in [2.24, 2.45) is 17.6 Å². The van der Waals surface area contributed by atoms with Gasteiger partial charge in [0.1, 0.15) is 6.54 Å². The number of halogens is 3. The molecule has 0 radical (unpaired) electrons. The Balaban J connectivity index is 2.32. The Morgan fingerprint density at radius 1 is 1.22 bits per heavy atom. The van der Waals surface area contributed by atoms with Crippen molar-refractivity contribution in [2.75, 3.05) is 20.1 Å². The molecule has 6 heteroatoms. The van der Waals surface area contributed by atoms with E-state index in [4.69, 9.17) is 5.73 Å². The fourth-order valence-corrected chi connectivity index (χ4v) is 2.43. The molecule has 0 saturated heterocycles. The Bertz CT molecular complexity index is 273. The summed E-state index contributed by atoms with van der Waals surface area (Å²) in [5.74, 6) is 0.323. The van der Waals surface area contributed by atoms with Gasteiger partial charge in [0.05, 0.1) is 0 Å². The maximum Gasteiger partial charge on any atom is 0.406 e. The molecule has 1 aliphatic rings. The Hall–Kier alpha value is -0.780. The zero-order valence-corrected chi connectivity index (χ0v) is 10.7. The fourth-order valence-electron chi connectivity index (χ4n) is 2.43. The van der Waals surface area contributed by atoms with Gasteiger partial charge < -0.3 is 10.6 Å². The van der Waals surface area contributed by atoms with Gasteiger partial charge in [0, 0.05) is 13.5 Å².